The topological polar surface area (TPSA) is 66.4 Å². The van der Waals surface area contributed by atoms with Gasteiger partial charge in [0.15, 0.2) is 0 Å². The molecule has 1 amide bonds. The maximum absolute atomic E-state index is 11.3. The Morgan fingerprint density at radius 1 is 1.47 bits per heavy atom. The van der Waals surface area contributed by atoms with Gasteiger partial charge in [0, 0.05) is 18.7 Å². The zero-order chi connectivity index (χ0) is 11.9. The van der Waals surface area contributed by atoms with Gasteiger partial charge in [-0.2, -0.15) is 11.8 Å². The highest BCUT2D eigenvalue weighted by molar-refractivity contribution is 7.98. The first-order valence-electron chi connectivity index (χ1n) is 4.95. The zero-order valence-corrected chi connectivity index (χ0v) is 10.3. The molecule has 0 aromatic heterocycles. The number of thioether (sulfide) groups is 1. The number of carboxylic acid groups (broad SMARTS) is 1. The molecular weight excluding hydrogens is 214 g/mol. The molecule has 5 heteroatoms. The zero-order valence-electron chi connectivity index (χ0n) is 9.50. The summed E-state index contributed by atoms with van der Waals surface area (Å²) in [5.74, 6) is -0.178. The number of carbonyl (C=O) groups is 2. The van der Waals surface area contributed by atoms with Gasteiger partial charge in [0.1, 0.15) is 0 Å². The lowest BCUT2D eigenvalue weighted by Gasteiger charge is -2.23. The summed E-state index contributed by atoms with van der Waals surface area (Å²) in [6, 6.07) is 0. The van der Waals surface area contributed by atoms with Crippen molar-refractivity contribution in [2.45, 2.75) is 26.7 Å². The maximum Gasteiger partial charge on any atom is 0.311 e. The van der Waals surface area contributed by atoms with Crippen molar-refractivity contribution in [2.24, 2.45) is 5.41 Å². The molecule has 0 aliphatic heterocycles. The molecule has 0 saturated heterocycles. The van der Waals surface area contributed by atoms with E-state index < -0.39 is 11.4 Å². The van der Waals surface area contributed by atoms with Crippen molar-refractivity contribution in [3.63, 3.8) is 0 Å². The van der Waals surface area contributed by atoms with Crippen molar-refractivity contribution >= 4 is 23.6 Å². The fourth-order valence-corrected chi connectivity index (χ4v) is 1.32. The molecule has 0 aromatic carbocycles. The highest BCUT2D eigenvalue weighted by Crippen LogP contribution is 2.19. The summed E-state index contributed by atoms with van der Waals surface area (Å²) < 4.78 is 0. The van der Waals surface area contributed by atoms with Crippen molar-refractivity contribution in [3.8, 4) is 0 Å². The van der Waals surface area contributed by atoms with Crippen LogP contribution in [-0.4, -0.2) is 35.5 Å². The number of nitrogens with one attached hydrogen (secondary N) is 1. The van der Waals surface area contributed by atoms with E-state index in [9.17, 15) is 9.59 Å². The van der Waals surface area contributed by atoms with Crippen LogP contribution < -0.4 is 5.32 Å². The molecule has 15 heavy (non-hydrogen) atoms. The molecular formula is C10H19NO3S. The van der Waals surface area contributed by atoms with E-state index in [4.69, 9.17) is 5.11 Å². The first-order chi connectivity index (χ1) is 6.96. The van der Waals surface area contributed by atoms with Gasteiger partial charge in [0.2, 0.25) is 5.91 Å². The second kappa shape index (κ2) is 6.71. The Morgan fingerprint density at radius 2 is 2.07 bits per heavy atom. The molecule has 0 spiro atoms. The molecule has 0 saturated carbocycles. The summed E-state index contributed by atoms with van der Waals surface area (Å²) >= 11 is 1.60. The highest BCUT2D eigenvalue weighted by Gasteiger charge is 2.31. The molecule has 0 fully saturated rings. The van der Waals surface area contributed by atoms with Crippen LogP contribution in [0.1, 0.15) is 26.7 Å². The fraction of sp³-hybridized carbons (Fsp3) is 0.800. The quantitative estimate of drug-likeness (QED) is 0.696. The van der Waals surface area contributed by atoms with E-state index in [1.807, 2.05) is 13.2 Å². The molecule has 0 bridgehead atoms. The van der Waals surface area contributed by atoms with Crippen LogP contribution in [0.3, 0.4) is 0 Å². The van der Waals surface area contributed by atoms with E-state index in [-0.39, 0.29) is 12.5 Å². The van der Waals surface area contributed by atoms with Crippen LogP contribution in [0.25, 0.3) is 0 Å². The standard InChI is InChI=1S/C10H19NO3S/c1-4-10(2,9(13)14)7-11-8(12)5-6-15-3/h4-7H2,1-3H3,(H,11,12)(H,13,14). The van der Waals surface area contributed by atoms with Crippen molar-refractivity contribution in [1.82, 2.24) is 5.32 Å². The molecule has 2 N–H and O–H groups in total. The van der Waals surface area contributed by atoms with E-state index in [1.165, 1.54) is 0 Å². The predicted molar refractivity (Wildman–Crippen MR) is 62.0 cm³/mol. The van der Waals surface area contributed by atoms with Crippen molar-refractivity contribution in [2.75, 3.05) is 18.6 Å². The third-order valence-corrected chi connectivity index (χ3v) is 3.12. The Labute approximate surface area is 94.8 Å². The molecule has 4 nitrogen and oxygen atoms in total. The van der Waals surface area contributed by atoms with E-state index in [1.54, 1.807) is 18.7 Å². The molecule has 0 aromatic rings. The molecule has 88 valence electrons. The van der Waals surface area contributed by atoms with Crippen LogP contribution in [0, 0.1) is 5.41 Å². The average Bonchev–Trinajstić information content (AvgIpc) is 2.22. The fourth-order valence-electron chi connectivity index (χ4n) is 0.929. The largest absolute Gasteiger partial charge is 0.481 e. The van der Waals surface area contributed by atoms with Gasteiger partial charge in [-0.3, -0.25) is 9.59 Å². The Bertz CT molecular complexity index is 233. The number of carbonyl (C=O) groups excluding carboxylic acids is 1. The van der Waals surface area contributed by atoms with E-state index in [0.29, 0.717) is 12.8 Å². The number of hydrogen-bond donors (Lipinski definition) is 2. The Morgan fingerprint density at radius 3 is 2.47 bits per heavy atom. The number of rotatable bonds is 7. The molecule has 0 aliphatic carbocycles. The van der Waals surface area contributed by atoms with E-state index in [0.717, 1.165) is 5.75 Å². The minimum absolute atomic E-state index is 0.0784. The smallest absolute Gasteiger partial charge is 0.311 e. The molecule has 0 radical (unpaired) electrons. The SMILES string of the molecule is CCC(C)(CNC(=O)CCSC)C(=O)O. The number of amides is 1. The van der Waals surface area contributed by atoms with Crippen LogP contribution in [0.5, 0.6) is 0 Å². The third kappa shape index (κ3) is 5.06. The van der Waals surface area contributed by atoms with Crippen LogP contribution in [0.4, 0.5) is 0 Å². The highest BCUT2D eigenvalue weighted by atomic mass is 32.2. The average molecular weight is 233 g/mol. The lowest BCUT2D eigenvalue weighted by Crippen LogP contribution is -2.40. The monoisotopic (exact) mass is 233 g/mol. The number of hydrogen-bond acceptors (Lipinski definition) is 3. The van der Waals surface area contributed by atoms with Gasteiger partial charge in [0.25, 0.3) is 0 Å². The number of aliphatic carboxylic acids is 1. The maximum atomic E-state index is 11.3. The van der Waals surface area contributed by atoms with E-state index >= 15 is 0 Å². The lowest BCUT2D eigenvalue weighted by molar-refractivity contribution is -0.148. The molecule has 0 heterocycles. The second-order valence-electron chi connectivity index (χ2n) is 3.74. The van der Waals surface area contributed by atoms with Crippen LogP contribution in [0.2, 0.25) is 0 Å². The first-order valence-corrected chi connectivity index (χ1v) is 6.34. The van der Waals surface area contributed by atoms with Gasteiger partial charge >= 0.3 is 5.97 Å². The Hall–Kier alpha value is -0.710. The lowest BCUT2D eigenvalue weighted by atomic mass is 9.88. The van der Waals surface area contributed by atoms with E-state index in [2.05, 4.69) is 5.32 Å². The molecule has 1 atom stereocenters. The van der Waals surface area contributed by atoms with Crippen molar-refractivity contribution < 1.29 is 14.7 Å². The van der Waals surface area contributed by atoms with Crippen molar-refractivity contribution in [3.05, 3.63) is 0 Å². The predicted octanol–water partition coefficient (Wildman–Crippen LogP) is 1.36. The van der Waals surface area contributed by atoms with Gasteiger partial charge in [-0.25, -0.2) is 0 Å². The summed E-state index contributed by atoms with van der Waals surface area (Å²) in [4.78, 5) is 22.2. The van der Waals surface area contributed by atoms with Gasteiger partial charge < -0.3 is 10.4 Å². The summed E-state index contributed by atoms with van der Waals surface area (Å²) in [6.45, 7) is 3.65. The van der Waals surface area contributed by atoms with Gasteiger partial charge in [0.05, 0.1) is 5.41 Å². The molecule has 0 aliphatic rings. The molecule has 1 unspecified atom stereocenters. The summed E-state index contributed by atoms with van der Waals surface area (Å²) in [7, 11) is 0. The van der Waals surface area contributed by atoms with Crippen LogP contribution in [-0.2, 0) is 9.59 Å². The van der Waals surface area contributed by atoms with Crippen LogP contribution >= 0.6 is 11.8 Å². The molecule has 0 rings (SSSR count). The number of carboxylic acids is 1. The second-order valence-corrected chi connectivity index (χ2v) is 4.72. The summed E-state index contributed by atoms with van der Waals surface area (Å²) in [5, 5.41) is 11.6. The van der Waals surface area contributed by atoms with Gasteiger partial charge in [-0.1, -0.05) is 6.92 Å². The Balaban J connectivity index is 4.01. The van der Waals surface area contributed by atoms with Crippen molar-refractivity contribution in [1.29, 1.82) is 0 Å². The minimum Gasteiger partial charge on any atom is -0.481 e. The first kappa shape index (κ1) is 14.3. The summed E-state index contributed by atoms with van der Waals surface area (Å²) in [5.41, 5.74) is -0.852. The van der Waals surface area contributed by atoms with Crippen LogP contribution in [0.15, 0.2) is 0 Å². The summed E-state index contributed by atoms with van der Waals surface area (Å²) in [6.07, 6.45) is 2.88. The normalized spacial score (nSPS) is 14.3. The Kier molecular flexibility index (Phi) is 6.40. The minimum atomic E-state index is -0.866. The van der Waals surface area contributed by atoms with Gasteiger partial charge in [-0.15, -0.1) is 0 Å². The third-order valence-electron chi connectivity index (χ3n) is 2.51. The van der Waals surface area contributed by atoms with Gasteiger partial charge in [-0.05, 0) is 19.6 Å².